The average molecular weight is 528 g/mol. The minimum absolute atomic E-state index is 0.287. The lowest BCUT2D eigenvalue weighted by Gasteiger charge is -2.34. The highest BCUT2D eigenvalue weighted by Crippen LogP contribution is 2.26. The van der Waals surface area contributed by atoms with Crippen LogP contribution in [0.1, 0.15) is 11.1 Å². The summed E-state index contributed by atoms with van der Waals surface area (Å²) in [6, 6.07) is 14.8. The van der Waals surface area contributed by atoms with Gasteiger partial charge in [0.05, 0.1) is 0 Å². The van der Waals surface area contributed by atoms with Gasteiger partial charge in [0.2, 0.25) is 0 Å². The number of likely N-dealkylation sites (N-methyl/N-ethyl adjacent to an activating group) is 2. The van der Waals surface area contributed by atoms with Gasteiger partial charge >= 0.3 is 11.9 Å². The number of rotatable bonds is 6. The number of piperazine rings is 1. The molecule has 2 saturated heterocycles. The minimum Gasteiger partial charge on any atom is -0.297 e. The van der Waals surface area contributed by atoms with Crippen molar-refractivity contribution in [1.82, 2.24) is 19.6 Å². The van der Waals surface area contributed by atoms with E-state index in [2.05, 4.69) is 34.1 Å². The van der Waals surface area contributed by atoms with Crippen molar-refractivity contribution in [2.75, 3.05) is 46.8 Å². The predicted molar refractivity (Wildman–Crippen MR) is 141 cm³/mol. The number of benzene rings is 2. The third-order valence-electron chi connectivity index (χ3n) is 7.05. The standard InChI is InChI=1S/C26H29Cl2N6O2/c1-30-24-23(25(35)31(2)26(30)36)34(16-19-8-9-20(27)14-21(19)28)22(29-24)17-33-12-10-32(11-13-33)15-18-6-4-3-5-7-18/h3-9,14,23H,10-13,15-17H2,1-2H3/q+1. The topological polar surface area (TPSA) is 62.5 Å². The van der Waals surface area contributed by atoms with Crippen LogP contribution in [0.25, 0.3) is 0 Å². The van der Waals surface area contributed by atoms with Gasteiger partial charge in [-0.15, -0.1) is 0 Å². The van der Waals surface area contributed by atoms with Gasteiger partial charge in [-0.05, 0) is 22.7 Å². The Kier molecular flexibility index (Phi) is 7.12. The summed E-state index contributed by atoms with van der Waals surface area (Å²) >= 11 is 12.6. The molecule has 3 aliphatic heterocycles. The van der Waals surface area contributed by atoms with Crippen molar-refractivity contribution in [2.45, 2.75) is 19.1 Å². The number of hydrogen-bond donors (Lipinski definition) is 0. The molecular weight excluding hydrogens is 499 g/mol. The van der Waals surface area contributed by atoms with Gasteiger partial charge in [-0.2, -0.15) is 0 Å². The second-order valence-electron chi connectivity index (χ2n) is 9.43. The molecule has 188 valence electrons. The van der Waals surface area contributed by atoms with Crippen molar-refractivity contribution < 1.29 is 14.2 Å². The largest absolute Gasteiger partial charge is 0.333 e. The first-order valence-electron chi connectivity index (χ1n) is 12.0. The summed E-state index contributed by atoms with van der Waals surface area (Å²) in [4.78, 5) is 38.1. The first-order chi connectivity index (χ1) is 17.3. The van der Waals surface area contributed by atoms with Crippen molar-refractivity contribution in [2.24, 2.45) is 4.99 Å². The van der Waals surface area contributed by atoms with Gasteiger partial charge in [-0.25, -0.2) is 9.37 Å². The molecule has 1 atom stereocenters. The molecule has 0 radical (unpaired) electrons. The van der Waals surface area contributed by atoms with E-state index in [-0.39, 0.29) is 11.9 Å². The lowest BCUT2D eigenvalue weighted by Crippen LogP contribution is -2.61. The smallest absolute Gasteiger partial charge is 0.297 e. The van der Waals surface area contributed by atoms with E-state index >= 15 is 0 Å². The number of imide groups is 1. The zero-order valence-electron chi connectivity index (χ0n) is 20.4. The van der Waals surface area contributed by atoms with Gasteiger partial charge in [-0.1, -0.05) is 59.6 Å². The summed E-state index contributed by atoms with van der Waals surface area (Å²) in [6.07, 6.45) is 0. The van der Waals surface area contributed by atoms with Crippen molar-refractivity contribution in [3.8, 4) is 0 Å². The third kappa shape index (κ3) is 4.91. The lowest BCUT2D eigenvalue weighted by atomic mass is 10.1. The van der Waals surface area contributed by atoms with Crippen LogP contribution in [0.4, 0.5) is 4.79 Å². The molecule has 3 aliphatic rings. The number of amides is 3. The predicted octanol–water partition coefficient (Wildman–Crippen LogP) is 3.03. The average Bonchev–Trinajstić information content (AvgIpc) is 3.22. The molecule has 0 saturated carbocycles. The quantitative estimate of drug-likeness (QED) is 0.541. The highest BCUT2D eigenvalue weighted by atomic mass is 35.5. The van der Waals surface area contributed by atoms with E-state index in [9.17, 15) is 9.59 Å². The fraction of sp³-hybridized carbons (Fsp3) is 0.385. The van der Waals surface area contributed by atoms with Crippen LogP contribution < -0.4 is 0 Å². The van der Waals surface area contributed by atoms with Crippen LogP contribution in [0, 0.1) is 0 Å². The molecule has 2 aromatic carbocycles. The maximum absolute atomic E-state index is 13.2. The molecule has 3 heterocycles. The minimum atomic E-state index is -0.668. The first kappa shape index (κ1) is 24.9. The Balaban J connectivity index is 1.37. The zero-order valence-corrected chi connectivity index (χ0v) is 21.9. The Morgan fingerprint density at radius 3 is 2.25 bits per heavy atom. The monoisotopic (exact) mass is 527 g/mol. The lowest BCUT2D eigenvalue weighted by molar-refractivity contribution is -0.552. The maximum Gasteiger partial charge on any atom is 0.333 e. The van der Waals surface area contributed by atoms with Crippen LogP contribution in [0.2, 0.25) is 10.0 Å². The Labute approximate surface area is 221 Å². The van der Waals surface area contributed by atoms with Gasteiger partial charge in [0.25, 0.3) is 17.8 Å². The van der Waals surface area contributed by atoms with E-state index in [0.29, 0.717) is 29.0 Å². The number of amidine groups is 2. The molecule has 36 heavy (non-hydrogen) atoms. The highest BCUT2D eigenvalue weighted by Gasteiger charge is 2.53. The first-order valence-corrected chi connectivity index (χ1v) is 12.8. The second kappa shape index (κ2) is 10.3. The molecule has 3 amide bonds. The Morgan fingerprint density at radius 1 is 0.917 bits per heavy atom. The molecule has 2 aromatic rings. The molecule has 0 bridgehead atoms. The number of halogens is 2. The number of hydrogen-bond acceptors (Lipinski definition) is 5. The number of urea groups is 1. The van der Waals surface area contributed by atoms with Gasteiger partial charge in [0, 0.05) is 62.4 Å². The Bertz CT molecular complexity index is 1240. The molecule has 10 heteroatoms. The number of fused-ring (bicyclic) bond motifs is 1. The number of aliphatic imine (C=N–C) groups is 1. The van der Waals surface area contributed by atoms with Crippen LogP contribution in [0.5, 0.6) is 0 Å². The summed E-state index contributed by atoms with van der Waals surface area (Å²) in [5, 5.41) is 1.09. The van der Waals surface area contributed by atoms with E-state index in [0.717, 1.165) is 49.0 Å². The van der Waals surface area contributed by atoms with Gasteiger partial charge in [0.1, 0.15) is 13.1 Å². The molecule has 1 unspecified atom stereocenters. The van der Waals surface area contributed by atoms with Crippen LogP contribution in [-0.2, 0) is 17.9 Å². The van der Waals surface area contributed by atoms with Gasteiger partial charge in [0.15, 0.2) is 0 Å². The van der Waals surface area contributed by atoms with Gasteiger partial charge in [-0.3, -0.25) is 24.4 Å². The molecule has 0 spiro atoms. The zero-order chi connectivity index (χ0) is 25.4. The summed E-state index contributed by atoms with van der Waals surface area (Å²) in [6.45, 7) is 5.59. The fourth-order valence-corrected chi connectivity index (χ4v) is 5.41. The SMILES string of the molecule is CN1C(=O)C2C(=NC(CN3CCN(Cc4ccccc4)CC3)=[N+]2Cc2ccc(Cl)cc2Cl)N(C)C1=O. The normalized spacial score (nSPS) is 21.3. The van der Waals surface area contributed by atoms with E-state index in [4.69, 9.17) is 28.2 Å². The number of carbonyl (C=O) groups is 2. The summed E-state index contributed by atoms with van der Waals surface area (Å²) in [5.41, 5.74) is 2.16. The van der Waals surface area contributed by atoms with Crippen molar-refractivity contribution in [1.29, 1.82) is 0 Å². The molecule has 5 rings (SSSR count). The van der Waals surface area contributed by atoms with Crippen molar-refractivity contribution in [3.63, 3.8) is 0 Å². The number of carbonyl (C=O) groups excluding carboxylic acids is 2. The highest BCUT2D eigenvalue weighted by molar-refractivity contribution is 6.35. The van der Waals surface area contributed by atoms with Crippen LogP contribution in [0.15, 0.2) is 53.5 Å². The molecule has 0 N–H and O–H groups in total. The van der Waals surface area contributed by atoms with E-state index in [1.807, 2.05) is 16.7 Å². The second-order valence-corrected chi connectivity index (χ2v) is 10.3. The third-order valence-corrected chi connectivity index (χ3v) is 7.64. The summed E-state index contributed by atoms with van der Waals surface area (Å²) in [5.74, 6) is 0.941. The molecule has 2 fully saturated rings. The number of nitrogens with zero attached hydrogens (tertiary/aromatic N) is 6. The molecule has 0 aromatic heterocycles. The summed E-state index contributed by atoms with van der Waals surface area (Å²) in [7, 11) is 3.17. The van der Waals surface area contributed by atoms with Crippen molar-refractivity contribution in [3.05, 3.63) is 69.7 Å². The molecule has 8 nitrogen and oxygen atoms in total. The molecule has 0 aliphatic carbocycles. The van der Waals surface area contributed by atoms with Crippen molar-refractivity contribution >= 4 is 46.8 Å². The molecular formula is C26H29Cl2N6O2+. The summed E-state index contributed by atoms with van der Waals surface area (Å²) < 4.78 is 1.97. The van der Waals surface area contributed by atoms with E-state index < -0.39 is 6.04 Å². The van der Waals surface area contributed by atoms with E-state index in [1.165, 1.54) is 17.5 Å². The van der Waals surface area contributed by atoms with Crippen LogP contribution >= 0.6 is 23.2 Å². The van der Waals surface area contributed by atoms with Crippen LogP contribution in [0.3, 0.4) is 0 Å². The van der Waals surface area contributed by atoms with Crippen LogP contribution in [-0.4, -0.2) is 101 Å². The van der Waals surface area contributed by atoms with Gasteiger partial charge < -0.3 is 0 Å². The van der Waals surface area contributed by atoms with E-state index in [1.54, 1.807) is 19.2 Å². The Hall–Kier alpha value is -2.78. The maximum atomic E-state index is 13.2. The fourth-order valence-electron chi connectivity index (χ4n) is 4.94. The Morgan fingerprint density at radius 2 is 1.58 bits per heavy atom.